The summed E-state index contributed by atoms with van der Waals surface area (Å²) in [6.45, 7) is 1.89. The van der Waals surface area contributed by atoms with Gasteiger partial charge in [-0.15, -0.1) is 0 Å². The lowest BCUT2D eigenvalue weighted by Gasteiger charge is -1.99. The van der Waals surface area contributed by atoms with Crippen LogP contribution in [-0.2, 0) is 9.53 Å². The minimum absolute atomic E-state index is 0.0815. The van der Waals surface area contributed by atoms with Crippen molar-refractivity contribution >= 4 is 12.0 Å². The first-order valence-corrected chi connectivity index (χ1v) is 5.00. The Morgan fingerprint density at radius 2 is 2.24 bits per heavy atom. The van der Waals surface area contributed by atoms with Gasteiger partial charge < -0.3 is 4.74 Å². The van der Waals surface area contributed by atoms with Gasteiger partial charge in [-0.3, -0.25) is 0 Å². The fourth-order valence-electron chi connectivity index (χ4n) is 1.21. The van der Waals surface area contributed by atoms with E-state index in [1.54, 1.807) is 37.3 Å². The third-order valence-electron chi connectivity index (χ3n) is 1.94. The molecule has 84 valence electrons. The largest absolute Gasteiger partial charge is 0.462 e. The molecule has 0 fully saturated rings. The first kappa shape index (κ1) is 12.5. The molecule has 0 aliphatic heterocycles. The molecule has 0 radical (unpaired) electrons. The van der Waals surface area contributed by atoms with Crippen molar-refractivity contribution in [3.05, 3.63) is 41.0 Å². The summed E-state index contributed by atoms with van der Waals surface area (Å²) in [5, 5.41) is 17.5. The number of rotatable bonds is 3. The van der Waals surface area contributed by atoms with Crippen molar-refractivity contribution in [1.29, 1.82) is 10.5 Å². The minimum Gasteiger partial charge on any atom is -0.462 e. The van der Waals surface area contributed by atoms with E-state index in [2.05, 4.69) is 0 Å². The summed E-state index contributed by atoms with van der Waals surface area (Å²) < 4.78 is 4.73. The molecule has 1 aromatic rings. The molecule has 0 aromatic heterocycles. The predicted octanol–water partition coefficient (Wildman–Crippen LogP) is 2.03. The molecule has 0 bridgehead atoms. The van der Waals surface area contributed by atoms with Crippen LogP contribution in [0.15, 0.2) is 29.8 Å². The molecule has 0 heterocycles. The molecule has 0 aliphatic rings. The number of esters is 1. The highest BCUT2D eigenvalue weighted by Gasteiger charge is 2.09. The summed E-state index contributed by atoms with van der Waals surface area (Å²) in [7, 11) is 0. The SMILES string of the molecule is CCOC(=O)/C(C#N)=C\c1cccc(C#N)c1. The molecular weight excluding hydrogens is 216 g/mol. The Hall–Kier alpha value is -2.59. The molecule has 0 atom stereocenters. The second-order valence-corrected chi connectivity index (χ2v) is 3.13. The van der Waals surface area contributed by atoms with Crippen LogP contribution in [0.25, 0.3) is 6.08 Å². The third-order valence-corrected chi connectivity index (χ3v) is 1.94. The summed E-state index contributed by atoms with van der Waals surface area (Å²) in [5.41, 5.74) is 1.01. The van der Waals surface area contributed by atoms with Crippen LogP contribution >= 0.6 is 0 Å². The molecular formula is C13H10N2O2. The van der Waals surface area contributed by atoms with Crippen molar-refractivity contribution in [2.24, 2.45) is 0 Å². The highest BCUT2D eigenvalue weighted by atomic mass is 16.5. The lowest BCUT2D eigenvalue weighted by molar-refractivity contribution is -0.137. The van der Waals surface area contributed by atoms with E-state index in [1.807, 2.05) is 6.07 Å². The molecule has 17 heavy (non-hydrogen) atoms. The summed E-state index contributed by atoms with van der Waals surface area (Å²) in [4.78, 5) is 11.4. The molecule has 4 heteroatoms. The molecule has 0 saturated heterocycles. The predicted molar refractivity (Wildman–Crippen MR) is 61.4 cm³/mol. The van der Waals surface area contributed by atoms with Gasteiger partial charge in [-0.1, -0.05) is 12.1 Å². The Morgan fingerprint density at radius 1 is 1.47 bits per heavy atom. The Kier molecular flexibility index (Phi) is 4.47. The van der Waals surface area contributed by atoms with Gasteiger partial charge in [0, 0.05) is 0 Å². The smallest absolute Gasteiger partial charge is 0.348 e. The maximum atomic E-state index is 11.4. The van der Waals surface area contributed by atoms with Crippen molar-refractivity contribution < 1.29 is 9.53 Å². The number of carbonyl (C=O) groups is 1. The van der Waals surface area contributed by atoms with Crippen LogP contribution in [0.1, 0.15) is 18.1 Å². The second kappa shape index (κ2) is 6.09. The second-order valence-electron chi connectivity index (χ2n) is 3.13. The lowest BCUT2D eigenvalue weighted by Crippen LogP contribution is -2.05. The Balaban J connectivity index is 3.04. The minimum atomic E-state index is -0.655. The Labute approximate surface area is 99.4 Å². The number of benzene rings is 1. The summed E-state index contributed by atoms with van der Waals surface area (Å²) in [5.74, 6) is -0.655. The van der Waals surface area contributed by atoms with E-state index in [4.69, 9.17) is 15.3 Å². The van der Waals surface area contributed by atoms with Gasteiger partial charge in [-0.05, 0) is 30.7 Å². The number of ether oxygens (including phenoxy) is 1. The maximum Gasteiger partial charge on any atom is 0.348 e. The molecule has 1 rings (SSSR count). The zero-order chi connectivity index (χ0) is 12.7. The van der Waals surface area contributed by atoms with E-state index >= 15 is 0 Å². The summed E-state index contributed by atoms with van der Waals surface area (Å²) >= 11 is 0. The van der Waals surface area contributed by atoms with Crippen LogP contribution in [0.3, 0.4) is 0 Å². The van der Waals surface area contributed by atoms with Crippen LogP contribution in [0.2, 0.25) is 0 Å². The van der Waals surface area contributed by atoms with Crippen LogP contribution in [0.5, 0.6) is 0 Å². The van der Waals surface area contributed by atoms with E-state index < -0.39 is 5.97 Å². The van der Waals surface area contributed by atoms with Gasteiger partial charge in [-0.2, -0.15) is 10.5 Å². The van der Waals surface area contributed by atoms with Crippen LogP contribution < -0.4 is 0 Å². The molecule has 0 N–H and O–H groups in total. The van der Waals surface area contributed by atoms with Crippen molar-refractivity contribution in [2.75, 3.05) is 6.61 Å². The van der Waals surface area contributed by atoms with Crippen molar-refractivity contribution in [2.45, 2.75) is 6.92 Å². The summed E-state index contributed by atoms with van der Waals surface area (Å²) in [6, 6.07) is 10.4. The van der Waals surface area contributed by atoms with Crippen LogP contribution in [0.4, 0.5) is 0 Å². The number of hydrogen-bond donors (Lipinski definition) is 0. The van der Waals surface area contributed by atoms with Crippen molar-refractivity contribution in [3.63, 3.8) is 0 Å². The lowest BCUT2D eigenvalue weighted by atomic mass is 10.1. The topological polar surface area (TPSA) is 73.9 Å². The van der Waals surface area contributed by atoms with E-state index in [1.165, 1.54) is 6.08 Å². The number of nitrogens with zero attached hydrogens (tertiary/aromatic N) is 2. The first-order valence-electron chi connectivity index (χ1n) is 5.00. The molecule has 0 amide bonds. The highest BCUT2D eigenvalue weighted by Crippen LogP contribution is 2.10. The van der Waals surface area contributed by atoms with E-state index in [0.717, 1.165) is 0 Å². The normalized spacial score (nSPS) is 10.2. The zero-order valence-electron chi connectivity index (χ0n) is 9.30. The molecule has 0 saturated carbocycles. The van der Waals surface area contributed by atoms with Gasteiger partial charge in [-0.25, -0.2) is 4.79 Å². The average Bonchev–Trinajstić information content (AvgIpc) is 2.36. The fourth-order valence-corrected chi connectivity index (χ4v) is 1.21. The number of carbonyl (C=O) groups excluding carboxylic acids is 1. The first-order chi connectivity index (χ1) is 8.21. The average molecular weight is 226 g/mol. The maximum absolute atomic E-state index is 11.4. The van der Waals surface area contributed by atoms with E-state index in [9.17, 15) is 4.79 Å². The Bertz CT molecular complexity index is 533. The van der Waals surface area contributed by atoms with Gasteiger partial charge in [0.1, 0.15) is 11.6 Å². The monoisotopic (exact) mass is 226 g/mol. The zero-order valence-corrected chi connectivity index (χ0v) is 9.30. The fraction of sp³-hybridized carbons (Fsp3) is 0.154. The van der Waals surface area contributed by atoms with Crippen LogP contribution in [-0.4, -0.2) is 12.6 Å². The molecule has 1 aromatic carbocycles. The third kappa shape index (κ3) is 3.48. The van der Waals surface area contributed by atoms with Gasteiger partial charge in [0.25, 0.3) is 0 Å². The standard InChI is InChI=1S/C13H10N2O2/c1-2-17-13(16)12(9-15)7-10-4-3-5-11(6-10)8-14/h3-7H,2H2,1H3/b12-7-. The van der Waals surface area contributed by atoms with Gasteiger partial charge in [0.05, 0.1) is 18.2 Å². The summed E-state index contributed by atoms with van der Waals surface area (Å²) in [6.07, 6.45) is 1.40. The van der Waals surface area contributed by atoms with Crippen molar-refractivity contribution in [1.82, 2.24) is 0 Å². The van der Waals surface area contributed by atoms with Crippen molar-refractivity contribution in [3.8, 4) is 12.1 Å². The molecule has 0 unspecified atom stereocenters. The molecule has 0 spiro atoms. The molecule has 4 nitrogen and oxygen atoms in total. The van der Waals surface area contributed by atoms with E-state index in [0.29, 0.717) is 11.1 Å². The highest BCUT2D eigenvalue weighted by molar-refractivity contribution is 5.97. The number of hydrogen-bond acceptors (Lipinski definition) is 4. The van der Waals surface area contributed by atoms with E-state index in [-0.39, 0.29) is 12.2 Å². The van der Waals surface area contributed by atoms with Gasteiger partial charge in [0.2, 0.25) is 0 Å². The molecule has 0 aliphatic carbocycles. The van der Waals surface area contributed by atoms with Gasteiger partial charge >= 0.3 is 5.97 Å². The van der Waals surface area contributed by atoms with Crippen LogP contribution in [0, 0.1) is 22.7 Å². The Morgan fingerprint density at radius 3 is 2.82 bits per heavy atom. The number of nitriles is 2. The quantitative estimate of drug-likeness (QED) is 0.449. The van der Waals surface area contributed by atoms with Gasteiger partial charge in [0.15, 0.2) is 0 Å².